The van der Waals surface area contributed by atoms with Gasteiger partial charge >= 0.3 is 0 Å². The molecule has 0 bridgehead atoms. The van der Waals surface area contributed by atoms with Gasteiger partial charge in [0.05, 0.1) is 5.69 Å². The number of ether oxygens (including phenoxy) is 1. The third kappa shape index (κ3) is 3.01. The third-order valence-electron chi connectivity index (χ3n) is 4.46. The number of aryl methyl sites for hydroxylation is 1. The van der Waals surface area contributed by atoms with E-state index in [9.17, 15) is 0 Å². The molecule has 1 aliphatic carbocycles. The molecule has 0 aliphatic heterocycles. The number of nitrogens with two attached hydrogens (primary N) is 1. The Hall–Kier alpha value is -0.450. The average Bonchev–Trinajstić information content (AvgIpc) is 2.73. The normalized spacial score (nSPS) is 21.5. The summed E-state index contributed by atoms with van der Waals surface area (Å²) in [7, 11) is 1.83. The molecule has 3 nitrogen and oxygen atoms in total. The van der Waals surface area contributed by atoms with Crippen molar-refractivity contribution in [3.63, 3.8) is 0 Å². The molecule has 1 saturated carbocycles. The quantitative estimate of drug-likeness (QED) is 0.921. The van der Waals surface area contributed by atoms with E-state index in [0.29, 0.717) is 12.0 Å². The van der Waals surface area contributed by atoms with Crippen LogP contribution in [0, 0.1) is 12.3 Å². The van der Waals surface area contributed by atoms with Gasteiger partial charge in [-0.05, 0) is 51.0 Å². The summed E-state index contributed by atoms with van der Waals surface area (Å²) in [4.78, 5) is 6.10. The lowest BCUT2D eigenvalue weighted by molar-refractivity contribution is -0.0668. The first kappa shape index (κ1) is 14.9. The third-order valence-corrected chi connectivity index (χ3v) is 5.86. The number of methoxy groups -OCH3 is 1. The van der Waals surface area contributed by atoms with Crippen molar-refractivity contribution in [3.8, 4) is 0 Å². The maximum absolute atomic E-state index is 5.92. The van der Waals surface area contributed by atoms with Gasteiger partial charge in [-0.1, -0.05) is 13.8 Å². The lowest BCUT2D eigenvalue weighted by atomic mass is 9.71. The highest BCUT2D eigenvalue weighted by Gasteiger charge is 2.42. The first-order valence-corrected chi connectivity index (χ1v) is 7.96. The van der Waals surface area contributed by atoms with Gasteiger partial charge in [-0.25, -0.2) is 4.98 Å². The van der Waals surface area contributed by atoms with E-state index >= 15 is 0 Å². The molecule has 0 aromatic carbocycles. The molecule has 0 saturated heterocycles. The van der Waals surface area contributed by atoms with Crippen LogP contribution in [0.5, 0.6) is 0 Å². The van der Waals surface area contributed by atoms with E-state index < -0.39 is 0 Å². The van der Waals surface area contributed by atoms with Crippen molar-refractivity contribution in [1.82, 2.24) is 4.98 Å². The van der Waals surface area contributed by atoms with Gasteiger partial charge in [0.25, 0.3) is 0 Å². The van der Waals surface area contributed by atoms with Gasteiger partial charge in [0, 0.05) is 12.0 Å². The molecule has 108 valence electrons. The van der Waals surface area contributed by atoms with E-state index in [-0.39, 0.29) is 5.60 Å². The Balaban J connectivity index is 2.24. The summed E-state index contributed by atoms with van der Waals surface area (Å²) in [6.07, 6.45) is 5.48. The van der Waals surface area contributed by atoms with Crippen LogP contribution >= 0.6 is 11.3 Å². The van der Waals surface area contributed by atoms with Crippen LogP contribution in [0.15, 0.2) is 0 Å². The molecule has 0 unspecified atom stereocenters. The van der Waals surface area contributed by atoms with Crippen LogP contribution < -0.4 is 5.73 Å². The summed E-state index contributed by atoms with van der Waals surface area (Å²) >= 11 is 1.80. The molecule has 1 heterocycles. The zero-order chi connectivity index (χ0) is 14.1. The minimum absolute atomic E-state index is 0.155. The molecular weight excluding hydrogens is 256 g/mol. The Morgan fingerprint density at radius 2 is 1.89 bits per heavy atom. The monoisotopic (exact) mass is 282 g/mol. The summed E-state index contributed by atoms with van der Waals surface area (Å²) < 4.78 is 5.92. The van der Waals surface area contributed by atoms with Gasteiger partial charge in [0.15, 0.2) is 0 Å². The van der Waals surface area contributed by atoms with Gasteiger partial charge < -0.3 is 10.5 Å². The number of aromatic nitrogens is 1. The molecule has 19 heavy (non-hydrogen) atoms. The van der Waals surface area contributed by atoms with Crippen molar-refractivity contribution in [1.29, 1.82) is 0 Å². The highest BCUT2D eigenvalue weighted by atomic mass is 32.1. The van der Waals surface area contributed by atoms with Crippen molar-refractivity contribution in [2.45, 2.75) is 58.5 Å². The molecule has 2 N–H and O–H groups in total. The van der Waals surface area contributed by atoms with Crippen LogP contribution in [-0.4, -0.2) is 18.6 Å². The molecule has 0 atom stereocenters. The van der Waals surface area contributed by atoms with Gasteiger partial charge in [-0.15, -0.1) is 11.3 Å². The van der Waals surface area contributed by atoms with Crippen LogP contribution in [-0.2, 0) is 16.8 Å². The zero-order valence-corrected chi connectivity index (χ0v) is 13.4. The first-order valence-electron chi connectivity index (χ1n) is 7.14. The van der Waals surface area contributed by atoms with E-state index in [2.05, 4.69) is 20.8 Å². The fourth-order valence-electron chi connectivity index (χ4n) is 2.82. The molecule has 1 aromatic heterocycles. The molecule has 0 spiro atoms. The molecule has 0 radical (unpaired) electrons. The second kappa shape index (κ2) is 5.51. The summed E-state index contributed by atoms with van der Waals surface area (Å²) in [5.41, 5.74) is 7.08. The lowest BCUT2D eigenvalue weighted by Crippen LogP contribution is -2.36. The summed E-state index contributed by atoms with van der Waals surface area (Å²) in [5, 5.41) is 1.16. The molecule has 4 heteroatoms. The van der Waals surface area contributed by atoms with Gasteiger partial charge in [0.2, 0.25) is 0 Å². The van der Waals surface area contributed by atoms with Crippen LogP contribution in [0.1, 0.15) is 55.1 Å². The highest BCUT2D eigenvalue weighted by molar-refractivity contribution is 7.11. The maximum atomic E-state index is 5.92. The lowest BCUT2D eigenvalue weighted by Gasteiger charge is -2.41. The predicted molar refractivity (Wildman–Crippen MR) is 80.5 cm³/mol. The Bertz CT molecular complexity index is 429. The topological polar surface area (TPSA) is 48.1 Å². The van der Waals surface area contributed by atoms with E-state index in [4.69, 9.17) is 15.5 Å². The van der Waals surface area contributed by atoms with Gasteiger partial charge in [-0.3, -0.25) is 0 Å². The maximum Gasteiger partial charge on any atom is 0.125 e. The van der Waals surface area contributed by atoms with Crippen molar-refractivity contribution in [3.05, 3.63) is 15.6 Å². The first-order chi connectivity index (χ1) is 8.92. The van der Waals surface area contributed by atoms with Crippen molar-refractivity contribution in [2.24, 2.45) is 11.1 Å². The van der Waals surface area contributed by atoms with Crippen LogP contribution in [0.2, 0.25) is 0 Å². The molecule has 1 aromatic rings. The van der Waals surface area contributed by atoms with Gasteiger partial charge in [-0.2, -0.15) is 0 Å². The summed E-state index contributed by atoms with van der Waals surface area (Å²) in [6.45, 7) is 7.47. The van der Waals surface area contributed by atoms with Crippen LogP contribution in [0.25, 0.3) is 0 Å². The standard InChI is InChI=1S/C15H26N2OS/c1-11-12(5-10-16)19-13(17-11)15(18-4)8-6-14(2,3)7-9-15/h5-10,16H2,1-4H3. The van der Waals surface area contributed by atoms with Crippen LogP contribution in [0.4, 0.5) is 0 Å². The average molecular weight is 282 g/mol. The predicted octanol–water partition coefficient (Wildman–Crippen LogP) is 3.39. The smallest absolute Gasteiger partial charge is 0.125 e. The minimum Gasteiger partial charge on any atom is -0.371 e. The number of hydrogen-bond acceptors (Lipinski definition) is 4. The Morgan fingerprint density at radius 3 is 2.42 bits per heavy atom. The van der Waals surface area contributed by atoms with E-state index in [1.54, 1.807) is 11.3 Å². The second-order valence-electron chi connectivity index (χ2n) is 6.43. The Labute approximate surface area is 120 Å². The zero-order valence-electron chi connectivity index (χ0n) is 12.6. The Kier molecular flexibility index (Phi) is 4.33. The van der Waals surface area contributed by atoms with Crippen molar-refractivity contribution >= 4 is 11.3 Å². The van der Waals surface area contributed by atoms with E-state index in [0.717, 1.165) is 30.0 Å². The molecular formula is C15H26N2OS. The second-order valence-corrected chi connectivity index (χ2v) is 7.51. The SMILES string of the molecule is COC1(c2nc(C)c(CCN)s2)CCC(C)(C)CC1. The minimum atomic E-state index is -0.155. The molecule has 0 amide bonds. The highest BCUT2D eigenvalue weighted by Crippen LogP contribution is 2.48. The van der Waals surface area contributed by atoms with Crippen molar-refractivity contribution < 1.29 is 4.74 Å². The number of hydrogen-bond donors (Lipinski definition) is 1. The number of thiazole rings is 1. The van der Waals surface area contributed by atoms with E-state index in [1.807, 2.05) is 7.11 Å². The summed E-state index contributed by atoms with van der Waals surface area (Å²) in [6, 6.07) is 0. The van der Waals surface area contributed by atoms with Crippen LogP contribution in [0.3, 0.4) is 0 Å². The fraction of sp³-hybridized carbons (Fsp3) is 0.800. The van der Waals surface area contributed by atoms with Gasteiger partial charge in [0.1, 0.15) is 10.6 Å². The molecule has 1 aliphatic rings. The largest absolute Gasteiger partial charge is 0.371 e. The Morgan fingerprint density at radius 1 is 1.26 bits per heavy atom. The fourth-order valence-corrected chi connectivity index (χ4v) is 4.12. The van der Waals surface area contributed by atoms with E-state index in [1.165, 1.54) is 17.7 Å². The molecule has 2 rings (SSSR count). The number of nitrogens with zero attached hydrogens (tertiary/aromatic N) is 1. The summed E-state index contributed by atoms with van der Waals surface area (Å²) in [5.74, 6) is 0. The molecule has 1 fully saturated rings. The number of rotatable bonds is 4. The van der Waals surface area contributed by atoms with Crippen molar-refractivity contribution in [2.75, 3.05) is 13.7 Å².